The highest BCUT2D eigenvalue weighted by Gasteiger charge is 2.12. The zero-order valence-electron chi connectivity index (χ0n) is 8.00. The molecule has 5 heteroatoms. The Morgan fingerprint density at radius 2 is 2.13 bits per heavy atom. The van der Waals surface area contributed by atoms with Crippen LogP contribution in [0.2, 0.25) is 0 Å². The number of aliphatic hydroxyl groups excluding tert-OH is 1. The molecule has 0 spiro atoms. The van der Waals surface area contributed by atoms with Crippen LogP contribution in [0.5, 0.6) is 5.75 Å². The molecule has 0 aliphatic heterocycles. The average molecular weight is 209 g/mol. The van der Waals surface area contributed by atoms with Crippen molar-refractivity contribution >= 4 is 5.69 Å². The van der Waals surface area contributed by atoms with Gasteiger partial charge >= 0.3 is 5.69 Å². The number of aliphatic hydroxyl groups is 1. The first-order valence-corrected chi connectivity index (χ1v) is 4.37. The molecule has 0 heterocycles. The third kappa shape index (κ3) is 3.40. The van der Waals surface area contributed by atoms with Gasteiger partial charge in [-0.1, -0.05) is 18.2 Å². The Kier molecular flexibility index (Phi) is 4.30. The molecule has 0 bridgehead atoms. The minimum Gasteiger partial charge on any atom is -0.483 e. The van der Waals surface area contributed by atoms with E-state index in [9.17, 15) is 10.1 Å². The number of benzene rings is 1. The van der Waals surface area contributed by atoms with Crippen molar-refractivity contribution in [1.82, 2.24) is 0 Å². The van der Waals surface area contributed by atoms with Crippen LogP contribution in [0.4, 0.5) is 5.69 Å². The predicted molar refractivity (Wildman–Crippen MR) is 54.8 cm³/mol. The minimum atomic E-state index is -0.495. The molecule has 0 atom stereocenters. The molecule has 15 heavy (non-hydrogen) atoms. The zero-order valence-corrected chi connectivity index (χ0v) is 8.00. The molecule has 0 radical (unpaired) electrons. The van der Waals surface area contributed by atoms with E-state index in [1.165, 1.54) is 18.2 Å². The Balaban J connectivity index is 2.67. The van der Waals surface area contributed by atoms with Crippen LogP contribution in [-0.2, 0) is 0 Å². The Bertz CT molecular complexity index is 362. The zero-order chi connectivity index (χ0) is 11.1. The summed E-state index contributed by atoms with van der Waals surface area (Å²) in [5.41, 5.74) is -0.0603. The summed E-state index contributed by atoms with van der Waals surface area (Å²) in [7, 11) is 0. The number of nitro groups is 1. The number of para-hydroxylation sites is 2. The first-order valence-electron chi connectivity index (χ1n) is 4.37. The van der Waals surface area contributed by atoms with Gasteiger partial charge in [-0.3, -0.25) is 10.1 Å². The number of hydrogen-bond acceptors (Lipinski definition) is 4. The standard InChI is InChI=1S/C10H11NO4/c12-7-3-4-8-15-10-6-2-1-5-9(10)11(13)14/h1-6,12H,7-8H2/b4-3-. The van der Waals surface area contributed by atoms with Gasteiger partial charge in [-0.2, -0.15) is 0 Å². The van der Waals surface area contributed by atoms with Gasteiger partial charge in [0.15, 0.2) is 5.75 Å². The molecular formula is C10H11NO4. The lowest BCUT2D eigenvalue weighted by Gasteiger charge is -2.02. The van der Waals surface area contributed by atoms with Gasteiger partial charge in [-0.25, -0.2) is 0 Å². The second kappa shape index (κ2) is 5.77. The largest absolute Gasteiger partial charge is 0.483 e. The van der Waals surface area contributed by atoms with Crippen molar-refractivity contribution in [1.29, 1.82) is 0 Å². The molecule has 1 aromatic carbocycles. The van der Waals surface area contributed by atoms with E-state index in [1.54, 1.807) is 18.2 Å². The summed E-state index contributed by atoms with van der Waals surface area (Å²) < 4.78 is 5.16. The van der Waals surface area contributed by atoms with Crippen molar-refractivity contribution < 1.29 is 14.8 Å². The van der Waals surface area contributed by atoms with Crippen LogP contribution in [0.3, 0.4) is 0 Å². The SMILES string of the molecule is O=[N+]([O-])c1ccccc1OC/C=C\CO. The lowest BCUT2D eigenvalue weighted by molar-refractivity contribution is -0.385. The summed E-state index contributed by atoms with van der Waals surface area (Å²) in [5, 5.41) is 19.0. The molecule has 1 rings (SSSR count). The van der Waals surface area contributed by atoms with E-state index in [0.717, 1.165) is 0 Å². The van der Waals surface area contributed by atoms with E-state index in [1.807, 2.05) is 0 Å². The fraction of sp³-hybridized carbons (Fsp3) is 0.200. The Morgan fingerprint density at radius 1 is 1.40 bits per heavy atom. The number of rotatable bonds is 5. The average Bonchev–Trinajstić information content (AvgIpc) is 2.25. The molecule has 5 nitrogen and oxygen atoms in total. The molecule has 0 saturated carbocycles. The van der Waals surface area contributed by atoms with Crippen LogP contribution in [0.25, 0.3) is 0 Å². The summed E-state index contributed by atoms with van der Waals surface area (Å²) in [6.45, 7) is 0.131. The Labute approximate surface area is 86.8 Å². The third-order valence-electron chi connectivity index (χ3n) is 1.67. The summed E-state index contributed by atoms with van der Waals surface area (Å²) in [6.07, 6.45) is 3.10. The van der Waals surface area contributed by atoms with Gasteiger partial charge in [0.2, 0.25) is 0 Å². The highest BCUT2D eigenvalue weighted by atomic mass is 16.6. The van der Waals surface area contributed by atoms with Crippen molar-refractivity contribution in [3.8, 4) is 5.75 Å². The van der Waals surface area contributed by atoms with Crippen molar-refractivity contribution in [3.05, 3.63) is 46.5 Å². The summed E-state index contributed by atoms with van der Waals surface area (Å²) in [6, 6.07) is 6.16. The fourth-order valence-electron chi connectivity index (χ4n) is 1.01. The Morgan fingerprint density at radius 3 is 2.80 bits per heavy atom. The molecule has 0 aromatic heterocycles. The maximum absolute atomic E-state index is 10.6. The van der Waals surface area contributed by atoms with Gasteiger partial charge < -0.3 is 9.84 Å². The molecule has 1 aromatic rings. The van der Waals surface area contributed by atoms with Gasteiger partial charge in [0.05, 0.1) is 11.5 Å². The molecule has 0 aliphatic rings. The summed E-state index contributed by atoms with van der Waals surface area (Å²) >= 11 is 0. The van der Waals surface area contributed by atoms with E-state index < -0.39 is 4.92 Å². The normalized spacial score (nSPS) is 10.5. The summed E-state index contributed by atoms with van der Waals surface area (Å²) in [4.78, 5) is 10.1. The van der Waals surface area contributed by atoms with Crippen LogP contribution in [0, 0.1) is 10.1 Å². The maximum Gasteiger partial charge on any atom is 0.310 e. The van der Waals surface area contributed by atoms with Gasteiger partial charge in [0, 0.05) is 6.07 Å². The van der Waals surface area contributed by atoms with Crippen molar-refractivity contribution in [2.75, 3.05) is 13.2 Å². The predicted octanol–water partition coefficient (Wildman–Crippen LogP) is 1.52. The highest BCUT2D eigenvalue weighted by molar-refractivity contribution is 5.45. The van der Waals surface area contributed by atoms with E-state index in [2.05, 4.69) is 0 Å². The molecule has 0 aliphatic carbocycles. The molecular weight excluding hydrogens is 198 g/mol. The lowest BCUT2D eigenvalue weighted by atomic mass is 10.3. The first-order chi connectivity index (χ1) is 7.25. The number of ether oxygens (including phenoxy) is 1. The van der Waals surface area contributed by atoms with E-state index in [4.69, 9.17) is 9.84 Å². The fourth-order valence-corrected chi connectivity index (χ4v) is 1.01. The molecule has 0 amide bonds. The van der Waals surface area contributed by atoms with Crippen LogP contribution in [0.15, 0.2) is 36.4 Å². The monoisotopic (exact) mass is 209 g/mol. The van der Waals surface area contributed by atoms with Crippen LogP contribution in [0.1, 0.15) is 0 Å². The minimum absolute atomic E-state index is 0.0603. The second-order valence-corrected chi connectivity index (χ2v) is 2.69. The van der Waals surface area contributed by atoms with Crippen molar-refractivity contribution in [3.63, 3.8) is 0 Å². The number of hydrogen-bond donors (Lipinski definition) is 1. The van der Waals surface area contributed by atoms with Gasteiger partial charge in [-0.15, -0.1) is 0 Å². The van der Waals surface area contributed by atoms with Crippen LogP contribution in [-0.4, -0.2) is 23.2 Å². The van der Waals surface area contributed by atoms with E-state index >= 15 is 0 Å². The van der Waals surface area contributed by atoms with Crippen molar-refractivity contribution in [2.45, 2.75) is 0 Å². The van der Waals surface area contributed by atoms with E-state index in [-0.39, 0.29) is 24.7 Å². The molecule has 0 fully saturated rings. The summed E-state index contributed by atoms with van der Waals surface area (Å²) in [5.74, 6) is 0.227. The smallest absolute Gasteiger partial charge is 0.310 e. The van der Waals surface area contributed by atoms with Gasteiger partial charge in [-0.05, 0) is 12.1 Å². The van der Waals surface area contributed by atoms with Gasteiger partial charge in [0.25, 0.3) is 0 Å². The molecule has 80 valence electrons. The topological polar surface area (TPSA) is 72.6 Å². The number of nitrogens with zero attached hydrogens (tertiary/aromatic N) is 1. The quantitative estimate of drug-likeness (QED) is 0.453. The molecule has 0 saturated heterocycles. The van der Waals surface area contributed by atoms with Crippen molar-refractivity contribution in [2.24, 2.45) is 0 Å². The third-order valence-corrected chi connectivity index (χ3v) is 1.67. The van der Waals surface area contributed by atoms with Crippen LogP contribution >= 0.6 is 0 Å². The van der Waals surface area contributed by atoms with E-state index in [0.29, 0.717) is 0 Å². The Hall–Kier alpha value is -1.88. The van der Waals surface area contributed by atoms with Gasteiger partial charge in [0.1, 0.15) is 6.61 Å². The highest BCUT2D eigenvalue weighted by Crippen LogP contribution is 2.25. The molecule has 1 N–H and O–H groups in total. The maximum atomic E-state index is 10.6. The van der Waals surface area contributed by atoms with Crippen LogP contribution < -0.4 is 4.74 Å². The lowest BCUT2D eigenvalue weighted by Crippen LogP contribution is -1.98. The first kappa shape index (κ1) is 11.2. The number of nitro benzene ring substituents is 1. The molecule has 0 unspecified atom stereocenters. The second-order valence-electron chi connectivity index (χ2n) is 2.69.